The van der Waals surface area contributed by atoms with Crippen LogP contribution in [0, 0.1) is 0 Å². The van der Waals surface area contributed by atoms with Crippen molar-refractivity contribution >= 4 is 17.6 Å². The summed E-state index contributed by atoms with van der Waals surface area (Å²) in [6.45, 7) is 9.60. The fourth-order valence-electron chi connectivity index (χ4n) is 2.33. The number of esters is 1. The molecule has 0 saturated heterocycles. The van der Waals surface area contributed by atoms with Crippen LogP contribution in [-0.2, 0) is 19.2 Å². The Bertz CT molecular complexity index is 744. The molecule has 0 saturated carbocycles. The van der Waals surface area contributed by atoms with Gasteiger partial charge in [-0.1, -0.05) is 17.3 Å². The van der Waals surface area contributed by atoms with Crippen molar-refractivity contribution in [1.29, 1.82) is 0 Å². The van der Waals surface area contributed by atoms with E-state index in [2.05, 4.69) is 11.7 Å². The van der Waals surface area contributed by atoms with Crippen molar-refractivity contribution in [3.05, 3.63) is 35.9 Å². The quantitative estimate of drug-likeness (QED) is 0.284. The number of carbonyl (C=O) groups excluding carboxylic acids is 2. The zero-order chi connectivity index (χ0) is 19.8. The van der Waals surface area contributed by atoms with Gasteiger partial charge in [-0.05, 0) is 39.0 Å². The van der Waals surface area contributed by atoms with Crippen molar-refractivity contribution in [3.8, 4) is 11.5 Å². The first-order valence-electron chi connectivity index (χ1n) is 8.55. The van der Waals surface area contributed by atoms with Gasteiger partial charge in [-0.25, -0.2) is 4.79 Å². The minimum Gasteiger partial charge on any atom is -0.454 e. The van der Waals surface area contributed by atoms with E-state index in [1.54, 1.807) is 24.0 Å². The number of fused-ring (bicyclic) bond motifs is 1. The first-order chi connectivity index (χ1) is 12.9. The molecule has 0 unspecified atom stereocenters. The third kappa shape index (κ3) is 6.02. The fraction of sp³-hybridized carbons (Fsp3) is 0.421. The molecule has 0 N–H and O–H groups in total. The number of benzene rings is 1. The number of ether oxygens (including phenoxy) is 3. The summed E-state index contributed by atoms with van der Waals surface area (Å²) in [5.74, 6) is 0.356. The van der Waals surface area contributed by atoms with Gasteiger partial charge in [0.25, 0.3) is 5.91 Å². The summed E-state index contributed by atoms with van der Waals surface area (Å²) >= 11 is 0. The van der Waals surface area contributed by atoms with E-state index in [9.17, 15) is 9.59 Å². The van der Waals surface area contributed by atoms with E-state index in [1.807, 2.05) is 19.9 Å². The lowest BCUT2D eigenvalue weighted by molar-refractivity contribution is -0.155. The Hall–Kier alpha value is -3.03. The Balaban J connectivity index is 1.77. The van der Waals surface area contributed by atoms with Crippen LogP contribution in [0.4, 0.5) is 0 Å². The van der Waals surface area contributed by atoms with Crippen LogP contribution in [0.5, 0.6) is 11.5 Å². The molecule has 1 heterocycles. The summed E-state index contributed by atoms with van der Waals surface area (Å²) in [6.07, 6.45) is 0. The summed E-state index contributed by atoms with van der Waals surface area (Å²) < 4.78 is 15.5. The van der Waals surface area contributed by atoms with Crippen LogP contribution in [0.15, 0.2) is 35.5 Å². The molecule has 146 valence electrons. The molecule has 2 rings (SSSR count). The predicted molar refractivity (Wildman–Crippen MR) is 98.8 cm³/mol. The molecule has 0 aromatic heterocycles. The highest BCUT2D eigenvalue weighted by molar-refractivity contribution is 5.99. The van der Waals surface area contributed by atoms with Gasteiger partial charge in [0.2, 0.25) is 13.4 Å². The van der Waals surface area contributed by atoms with Gasteiger partial charge in [-0.2, -0.15) is 0 Å². The molecule has 0 bridgehead atoms. The second kappa shape index (κ2) is 9.61. The molecule has 8 nitrogen and oxygen atoms in total. The van der Waals surface area contributed by atoms with Crippen LogP contribution < -0.4 is 9.47 Å². The summed E-state index contributed by atoms with van der Waals surface area (Å²) in [5, 5.41) is 3.89. The lowest BCUT2D eigenvalue weighted by atomic mass is 10.1. The number of hydrogen-bond donors (Lipinski definition) is 0. The predicted octanol–water partition coefficient (Wildman–Crippen LogP) is 2.12. The van der Waals surface area contributed by atoms with E-state index in [4.69, 9.17) is 19.0 Å². The number of oxime groups is 1. The van der Waals surface area contributed by atoms with Gasteiger partial charge in [0.05, 0.1) is 5.71 Å². The van der Waals surface area contributed by atoms with Crippen molar-refractivity contribution in [1.82, 2.24) is 4.90 Å². The highest BCUT2D eigenvalue weighted by Crippen LogP contribution is 2.32. The van der Waals surface area contributed by atoms with Gasteiger partial charge in [-0.3, -0.25) is 4.79 Å². The number of carbonyl (C=O) groups is 2. The third-order valence-electron chi connectivity index (χ3n) is 3.73. The summed E-state index contributed by atoms with van der Waals surface area (Å²) in [7, 11) is 0. The van der Waals surface area contributed by atoms with Gasteiger partial charge in [0.15, 0.2) is 18.1 Å². The molecule has 0 atom stereocenters. The molecule has 1 aliphatic rings. The van der Waals surface area contributed by atoms with Crippen LogP contribution in [0.3, 0.4) is 0 Å². The second-order valence-corrected chi connectivity index (χ2v) is 6.04. The van der Waals surface area contributed by atoms with E-state index >= 15 is 0 Å². The SMILES string of the molecule is C=C(C)CN(CC)C(=O)COC(=O)CO/N=C(\C)c1ccc2c(c1)OCO2. The molecule has 27 heavy (non-hydrogen) atoms. The number of rotatable bonds is 9. The van der Waals surface area contributed by atoms with Crippen LogP contribution >= 0.6 is 0 Å². The van der Waals surface area contributed by atoms with Crippen molar-refractivity contribution in [3.63, 3.8) is 0 Å². The molecule has 1 aromatic rings. The van der Waals surface area contributed by atoms with Gasteiger partial charge in [0, 0.05) is 18.7 Å². The van der Waals surface area contributed by atoms with Crippen LogP contribution in [0.25, 0.3) is 0 Å². The molecule has 1 aliphatic heterocycles. The van der Waals surface area contributed by atoms with E-state index in [-0.39, 0.29) is 25.9 Å². The smallest absolute Gasteiger partial charge is 0.347 e. The summed E-state index contributed by atoms with van der Waals surface area (Å²) in [5.41, 5.74) is 2.20. The molecule has 0 spiro atoms. The Morgan fingerprint density at radius 1 is 1.22 bits per heavy atom. The Morgan fingerprint density at radius 3 is 2.67 bits per heavy atom. The van der Waals surface area contributed by atoms with E-state index in [0.29, 0.717) is 30.3 Å². The normalized spacial score (nSPS) is 12.5. The van der Waals surface area contributed by atoms with Crippen LogP contribution in [0.2, 0.25) is 0 Å². The summed E-state index contributed by atoms with van der Waals surface area (Å²) in [4.78, 5) is 30.3. The Labute approximate surface area is 158 Å². The summed E-state index contributed by atoms with van der Waals surface area (Å²) in [6, 6.07) is 5.37. The van der Waals surface area contributed by atoms with Crippen molar-refractivity contribution < 1.29 is 28.6 Å². The van der Waals surface area contributed by atoms with Gasteiger partial charge >= 0.3 is 5.97 Å². The van der Waals surface area contributed by atoms with E-state index < -0.39 is 5.97 Å². The molecule has 0 fully saturated rings. The van der Waals surface area contributed by atoms with E-state index in [0.717, 1.165) is 11.1 Å². The average Bonchev–Trinajstić information content (AvgIpc) is 3.11. The number of amides is 1. The van der Waals surface area contributed by atoms with Crippen LogP contribution in [0.1, 0.15) is 26.3 Å². The average molecular weight is 376 g/mol. The zero-order valence-corrected chi connectivity index (χ0v) is 15.8. The largest absolute Gasteiger partial charge is 0.454 e. The molecule has 1 aromatic carbocycles. The third-order valence-corrected chi connectivity index (χ3v) is 3.73. The number of likely N-dealkylation sites (N-methyl/N-ethyl adjacent to an activating group) is 1. The van der Waals surface area contributed by atoms with Crippen LogP contribution in [-0.4, -0.2) is 55.6 Å². The Kier molecular flexibility index (Phi) is 7.22. The first-order valence-corrected chi connectivity index (χ1v) is 8.55. The fourth-order valence-corrected chi connectivity index (χ4v) is 2.33. The highest BCUT2D eigenvalue weighted by Gasteiger charge is 2.16. The lowest BCUT2D eigenvalue weighted by Crippen LogP contribution is -2.35. The maximum Gasteiger partial charge on any atom is 0.347 e. The standard InChI is InChI=1S/C19H24N2O6/c1-5-21(9-13(2)3)18(22)10-24-19(23)11-27-20-14(4)15-6-7-16-17(8-15)26-12-25-16/h6-8H,2,5,9-12H2,1,3-4H3/b20-14+. The van der Waals surface area contributed by atoms with Gasteiger partial charge < -0.3 is 23.9 Å². The molecular weight excluding hydrogens is 352 g/mol. The van der Waals surface area contributed by atoms with Crippen molar-refractivity contribution in [2.45, 2.75) is 20.8 Å². The second-order valence-electron chi connectivity index (χ2n) is 6.04. The van der Waals surface area contributed by atoms with Crippen molar-refractivity contribution in [2.75, 3.05) is 33.1 Å². The molecule has 0 aliphatic carbocycles. The van der Waals surface area contributed by atoms with E-state index in [1.165, 1.54) is 0 Å². The zero-order valence-electron chi connectivity index (χ0n) is 15.8. The maximum absolute atomic E-state index is 12.0. The first kappa shape index (κ1) is 20.3. The van der Waals surface area contributed by atoms with Gasteiger partial charge in [-0.15, -0.1) is 0 Å². The molecule has 1 amide bonds. The minimum atomic E-state index is -0.669. The minimum absolute atomic E-state index is 0.192. The monoisotopic (exact) mass is 376 g/mol. The lowest BCUT2D eigenvalue weighted by Gasteiger charge is -2.20. The molecule has 0 radical (unpaired) electrons. The topological polar surface area (TPSA) is 86.7 Å². The maximum atomic E-state index is 12.0. The van der Waals surface area contributed by atoms with Gasteiger partial charge in [0.1, 0.15) is 0 Å². The number of hydrogen-bond acceptors (Lipinski definition) is 7. The number of nitrogens with zero attached hydrogens (tertiary/aromatic N) is 2. The molecular formula is C19H24N2O6. The highest BCUT2D eigenvalue weighted by atomic mass is 16.7. The van der Waals surface area contributed by atoms with Crippen molar-refractivity contribution in [2.24, 2.45) is 5.16 Å². The molecule has 8 heteroatoms. The Morgan fingerprint density at radius 2 is 1.96 bits per heavy atom.